The lowest BCUT2D eigenvalue weighted by atomic mass is 9.97. The number of benzene rings is 2. The monoisotopic (exact) mass is 490 g/mol. The molecule has 0 aromatic heterocycles. The van der Waals surface area contributed by atoms with E-state index in [4.69, 9.17) is 4.74 Å². The van der Waals surface area contributed by atoms with Gasteiger partial charge in [-0.15, -0.1) is 0 Å². The van der Waals surface area contributed by atoms with Gasteiger partial charge in [0, 0.05) is 19.0 Å². The van der Waals surface area contributed by atoms with Gasteiger partial charge in [0.05, 0.1) is 0 Å². The first-order valence-electron chi connectivity index (χ1n) is 11.2. The van der Waals surface area contributed by atoms with Gasteiger partial charge in [0.25, 0.3) is 0 Å². The number of halogens is 3. The molecule has 2 aromatic rings. The Morgan fingerprint density at radius 3 is 2.23 bits per heavy atom. The van der Waals surface area contributed by atoms with Crippen molar-refractivity contribution in [3.05, 3.63) is 59.7 Å². The van der Waals surface area contributed by atoms with Gasteiger partial charge >= 0.3 is 18.2 Å². The van der Waals surface area contributed by atoms with Gasteiger partial charge < -0.3 is 20.1 Å². The molecule has 0 spiro atoms. The van der Waals surface area contributed by atoms with Gasteiger partial charge in [-0.1, -0.05) is 48.5 Å². The minimum atomic E-state index is -4.98. The third kappa shape index (κ3) is 4.56. The number of amides is 2. The number of carboxylic acids is 1. The maximum Gasteiger partial charge on any atom is 0.407 e. The second kappa shape index (κ2) is 9.24. The van der Waals surface area contributed by atoms with Gasteiger partial charge in [0.2, 0.25) is 5.91 Å². The summed E-state index contributed by atoms with van der Waals surface area (Å²) >= 11 is 0. The van der Waals surface area contributed by atoms with Gasteiger partial charge in [-0.2, -0.15) is 13.2 Å². The highest BCUT2D eigenvalue weighted by atomic mass is 19.4. The number of nitrogens with one attached hydrogen (secondary N) is 1. The number of rotatable bonds is 6. The van der Waals surface area contributed by atoms with E-state index in [-0.39, 0.29) is 31.9 Å². The first-order valence-corrected chi connectivity index (χ1v) is 11.2. The van der Waals surface area contributed by atoms with Gasteiger partial charge in [-0.05, 0) is 42.0 Å². The number of alkyl carbamates (subject to hydrolysis) is 1. The number of hydrogen-bond donors (Lipinski definition) is 2. The second-order valence-electron chi connectivity index (χ2n) is 8.97. The van der Waals surface area contributed by atoms with Crippen molar-refractivity contribution in [3.8, 4) is 11.1 Å². The van der Waals surface area contributed by atoms with E-state index in [9.17, 15) is 32.7 Å². The summed E-state index contributed by atoms with van der Waals surface area (Å²) in [6.45, 7) is -0.00922. The molecule has 7 nitrogen and oxygen atoms in total. The maximum atomic E-state index is 13.7. The fraction of sp³-hybridized carbons (Fsp3) is 0.400. The molecule has 1 fully saturated rings. The largest absolute Gasteiger partial charge is 0.480 e. The summed E-state index contributed by atoms with van der Waals surface area (Å²) in [5.74, 6) is -5.60. The number of nitrogens with zero attached hydrogens (tertiary/aromatic N) is 1. The zero-order chi connectivity index (χ0) is 25.4. The SMILES string of the molecule is CC1(C(=O)O)CCCN1C(=O)C(CNC(=O)OCC1c2ccccc2-c2ccccc21)C(F)(F)F. The molecule has 2 amide bonds. The topological polar surface area (TPSA) is 95.9 Å². The molecule has 0 saturated carbocycles. The molecular weight excluding hydrogens is 465 g/mol. The average molecular weight is 490 g/mol. The zero-order valence-corrected chi connectivity index (χ0v) is 19.0. The van der Waals surface area contributed by atoms with Crippen molar-refractivity contribution >= 4 is 18.0 Å². The Morgan fingerprint density at radius 2 is 1.69 bits per heavy atom. The number of hydrogen-bond acceptors (Lipinski definition) is 4. The fourth-order valence-corrected chi connectivity index (χ4v) is 4.90. The highest BCUT2D eigenvalue weighted by Gasteiger charge is 2.53. The first kappa shape index (κ1) is 24.6. The van der Waals surface area contributed by atoms with E-state index in [0.29, 0.717) is 0 Å². The van der Waals surface area contributed by atoms with Gasteiger partial charge in [-0.25, -0.2) is 9.59 Å². The number of fused-ring (bicyclic) bond motifs is 3. The van der Waals surface area contributed by atoms with E-state index >= 15 is 0 Å². The van der Waals surface area contributed by atoms with Gasteiger partial charge in [-0.3, -0.25) is 4.79 Å². The van der Waals surface area contributed by atoms with Crippen LogP contribution in [0, 0.1) is 5.92 Å². The summed E-state index contributed by atoms with van der Waals surface area (Å²) in [5, 5.41) is 11.5. The standard InChI is InChI=1S/C25H25F3N2O5/c1-24(22(32)33)11-6-12-30(24)21(31)20(25(26,27)28)13-29-23(34)35-14-19-17-9-4-2-7-15(17)16-8-3-5-10-18(16)19/h2-5,7-10,19-20H,6,11-14H2,1H3,(H,29,34)(H,32,33). The number of aliphatic carboxylic acids is 1. The van der Waals surface area contributed by atoms with Crippen LogP contribution in [0.25, 0.3) is 11.1 Å². The number of carbonyl (C=O) groups excluding carboxylic acids is 2. The Hall–Kier alpha value is -3.56. The predicted molar refractivity (Wildman–Crippen MR) is 120 cm³/mol. The van der Waals surface area contributed by atoms with Gasteiger partial charge in [0.1, 0.15) is 12.1 Å². The molecule has 2 atom stereocenters. The molecule has 4 rings (SSSR count). The Balaban J connectivity index is 1.42. The van der Waals surface area contributed by atoms with E-state index in [1.54, 1.807) is 0 Å². The number of alkyl halides is 3. The summed E-state index contributed by atoms with van der Waals surface area (Å²) in [6, 6.07) is 15.3. The van der Waals surface area contributed by atoms with Crippen molar-refractivity contribution in [2.75, 3.05) is 19.7 Å². The van der Waals surface area contributed by atoms with Crippen molar-refractivity contribution in [3.63, 3.8) is 0 Å². The van der Waals surface area contributed by atoms with Crippen LogP contribution >= 0.6 is 0 Å². The van der Waals surface area contributed by atoms with Crippen LogP contribution in [-0.4, -0.2) is 59.4 Å². The molecular formula is C25H25F3N2O5. The third-order valence-corrected chi connectivity index (χ3v) is 6.86. The molecule has 186 valence electrons. The normalized spacial score (nSPS) is 20.2. The van der Waals surface area contributed by atoms with E-state index in [0.717, 1.165) is 27.2 Å². The molecule has 2 unspecified atom stereocenters. The lowest BCUT2D eigenvalue weighted by Gasteiger charge is -2.34. The molecule has 1 heterocycles. The number of carbonyl (C=O) groups is 3. The molecule has 2 N–H and O–H groups in total. The van der Waals surface area contributed by atoms with Crippen LogP contribution in [0.15, 0.2) is 48.5 Å². The fourth-order valence-electron chi connectivity index (χ4n) is 4.90. The molecule has 2 aliphatic rings. The summed E-state index contributed by atoms with van der Waals surface area (Å²) in [5.41, 5.74) is 2.20. The van der Waals surface area contributed by atoms with Crippen molar-refractivity contribution in [1.29, 1.82) is 0 Å². The first-order chi connectivity index (χ1) is 16.5. The Morgan fingerprint density at radius 1 is 1.11 bits per heavy atom. The summed E-state index contributed by atoms with van der Waals surface area (Å²) in [7, 11) is 0. The third-order valence-electron chi connectivity index (χ3n) is 6.86. The van der Waals surface area contributed by atoms with Crippen molar-refractivity contribution in [2.45, 2.75) is 37.4 Å². The minimum absolute atomic E-state index is 0.0540. The summed E-state index contributed by atoms with van der Waals surface area (Å²) in [6.07, 6.45) is -5.73. The molecule has 2 aromatic carbocycles. The lowest BCUT2D eigenvalue weighted by molar-refractivity contribution is -0.192. The molecule has 35 heavy (non-hydrogen) atoms. The van der Waals surface area contributed by atoms with E-state index < -0.39 is 42.1 Å². The van der Waals surface area contributed by atoms with E-state index in [1.165, 1.54) is 6.92 Å². The van der Waals surface area contributed by atoms with Crippen molar-refractivity contribution in [1.82, 2.24) is 10.2 Å². The van der Waals surface area contributed by atoms with Crippen molar-refractivity contribution in [2.24, 2.45) is 5.92 Å². The van der Waals surface area contributed by atoms with E-state index in [1.807, 2.05) is 53.8 Å². The van der Waals surface area contributed by atoms with E-state index in [2.05, 4.69) is 0 Å². The molecule has 1 aliphatic carbocycles. The van der Waals surface area contributed by atoms with Crippen LogP contribution < -0.4 is 5.32 Å². The van der Waals surface area contributed by atoms with Crippen LogP contribution in [0.3, 0.4) is 0 Å². The van der Waals surface area contributed by atoms with Crippen LogP contribution in [0.4, 0.5) is 18.0 Å². The lowest BCUT2D eigenvalue weighted by Crippen LogP contribution is -2.56. The smallest absolute Gasteiger partial charge is 0.407 e. The Kier molecular flexibility index (Phi) is 6.48. The Bertz CT molecular complexity index is 1110. The quantitative estimate of drug-likeness (QED) is 0.634. The zero-order valence-electron chi connectivity index (χ0n) is 19.0. The van der Waals surface area contributed by atoms with Crippen LogP contribution in [0.1, 0.15) is 36.8 Å². The van der Waals surface area contributed by atoms with Crippen LogP contribution in [0.5, 0.6) is 0 Å². The highest BCUT2D eigenvalue weighted by Crippen LogP contribution is 2.44. The molecule has 1 aliphatic heterocycles. The number of carboxylic acid groups (broad SMARTS) is 1. The average Bonchev–Trinajstić information content (AvgIpc) is 3.36. The molecule has 10 heteroatoms. The predicted octanol–water partition coefficient (Wildman–Crippen LogP) is 4.17. The maximum absolute atomic E-state index is 13.7. The number of likely N-dealkylation sites (tertiary alicyclic amines) is 1. The minimum Gasteiger partial charge on any atom is -0.480 e. The van der Waals surface area contributed by atoms with Crippen molar-refractivity contribution < 1.29 is 37.4 Å². The Labute approximate surface area is 199 Å². The molecule has 1 saturated heterocycles. The molecule has 0 bridgehead atoms. The number of ether oxygens (including phenoxy) is 1. The van der Waals surface area contributed by atoms with Crippen LogP contribution in [0.2, 0.25) is 0 Å². The molecule has 0 radical (unpaired) electrons. The summed E-state index contributed by atoms with van der Waals surface area (Å²) in [4.78, 5) is 37.4. The second-order valence-corrected chi connectivity index (χ2v) is 8.97. The summed E-state index contributed by atoms with van der Waals surface area (Å²) < 4.78 is 46.4. The van der Waals surface area contributed by atoms with Gasteiger partial charge in [0.15, 0.2) is 5.92 Å². The van der Waals surface area contributed by atoms with Crippen LogP contribution in [-0.2, 0) is 14.3 Å². The highest BCUT2D eigenvalue weighted by molar-refractivity contribution is 5.89.